The predicted molar refractivity (Wildman–Crippen MR) is 62.4 cm³/mol. The maximum atomic E-state index is 9.99. The van der Waals surface area contributed by atoms with Crippen molar-refractivity contribution in [1.82, 2.24) is 0 Å². The molecule has 0 amide bonds. The fourth-order valence-corrected chi connectivity index (χ4v) is 1.64. The highest BCUT2D eigenvalue weighted by molar-refractivity contribution is 5.36. The van der Waals surface area contributed by atoms with E-state index in [2.05, 4.69) is 0 Å². The molecule has 1 aromatic rings. The third kappa shape index (κ3) is 2.95. The topological polar surface area (TPSA) is 75.7 Å². The van der Waals surface area contributed by atoms with Crippen LogP contribution in [0.25, 0.3) is 0 Å². The minimum atomic E-state index is -0.752. The molecule has 4 N–H and O–H groups in total. The average Bonchev–Trinajstić information content (AvgIpc) is 2.28. The van der Waals surface area contributed by atoms with E-state index in [4.69, 9.17) is 15.6 Å². The summed E-state index contributed by atoms with van der Waals surface area (Å²) in [7, 11) is 1.60. The van der Waals surface area contributed by atoms with Crippen molar-refractivity contribution in [1.29, 1.82) is 0 Å². The third-order valence-electron chi connectivity index (χ3n) is 2.66. The van der Waals surface area contributed by atoms with Gasteiger partial charge in [0.1, 0.15) is 5.75 Å². The molecule has 0 saturated carbocycles. The smallest absolute Gasteiger partial charge is 0.119 e. The van der Waals surface area contributed by atoms with Gasteiger partial charge in [0, 0.05) is 12.6 Å². The van der Waals surface area contributed by atoms with Crippen LogP contribution < -0.4 is 10.5 Å². The molecule has 90 valence electrons. The number of nitrogens with two attached hydrogens (primary N) is 1. The minimum absolute atomic E-state index is 0.0204. The largest absolute Gasteiger partial charge is 0.497 e. The van der Waals surface area contributed by atoms with Gasteiger partial charge in [-0.3, -0.25) is 0 Å². The van der Waals surface area contributed by atoms with Crippen molar-refractivity contribution in [2.24, 2.45) is 5.73 Å². The summed E-state index contributed by atoms with van der Waals surface area (Å²) < 4.78 is 5.08. The van der Waals surface area contributed by atoms with Crippen molar-refractivity contribution in [3.63, 3.8) is 0 Å². The van der Waals surface area contributed by atoms with E-state index in [1.54, 1.807) is 19.2 Å². The number of rotatable bonds is 5. The molecule has 0 bridgehead atoms. The number of hydrogen-bond donors (Lipinski definition) is 3. The van der Waals surface area contributed by atoms with E-state index in [0.29, 0.717) is 6.42 Å². The van der Waals surface area contributed by atoms with Crippen LogP contribution in [0.4, 0.5) is 0 Å². The normalized spacial score (nSPS) is 14.6. The molecule has 4 nitrogen and oxygen atoms in total. The predicted octanol–water partition coefficient (Wildman–Crippen LogP) is 0.747. The van der Waals surface area contributed by atoms with Crippen LogP contribution in [0.1, 0.15) is 23.7 Å². The Hall–Kier alpha value is -1.10. The molecule has 4 heteroatoms. The molecular weight excluding hydrogens is 206 g/mol. The van der Waals surface area contributed by atoms with Gasteiger partial charge in [-0.25, -0.2) is 0 Å². The van der Waals surface area contributed by atoms with Crippen molar-refractivity contribution < 1.29 is 14.9 Å². The van der Waals surface area contributed by atoms with E-state index < -0.39 is 12.1 Å². The lowest BCUT2D eigenvalue weighted by atomic mass is 9.96. The molecule has 0 aromatic heterocycles. The Labute approximate surface area is 95.7 Å². The number of methoxy groups -OCH3 is 1. The monoisotopic (exact) mass is 225 g/mol. The van der Waals surface area contributed by atoms with Gasteiger partial charge in [0.15, 0.2) is 0 Å². The Kier molecular flexibility index (Phi) is 4.73. The van der Waals surface area contributed by atoms with Crippen molar-refractivity contribution in [2.45, 2.75) is 25.5 Å². The number of hydrogen-bond acceptors (Lipinski definition) is 4. The second kappa shape index (κ2) is 5.84. The highest BCUT2D eigenvalue weighted by atomic mass is 16.5. The molecule has 0 radical (unpaired) electrons. The Morgan fingerprint density at radius 1 is 1.44 bits per heavy atom. The van der Waals surface area contributed by atoms with Crippen LogP contribution in [0, 0.1) is 6.92 Å². The Morgan fingerprint density at radius 3 is 2.62 bits per heavy atom. The van der Waals surface area contributed by atoms with Gasteiger partial charge in [0.2, 0.25) is 0 Å². The first-order chi connectivity index (χ1) is 7.60. The second-order valence-corrected chi connectivity index (χ2v) is 3.84. The van der Waals surface area contributed by atoms with Gasteiger partial charge in [-0.15, -0.1) is 0 Å². The van der Waals surface area contributed by atoms with Crippen molar-refractivity contribution in [3.8, 4) is 5.75 Å². The van der Waals surface area contributed by atoms with Gasteiger partial charge in [-0.1, -0.05) is 6.07 Å². The lowest BCUT2D eigenvalue weighted by Gasteiger charge is -2.20. The van der Waals surface area contributed by atoms with Gasteiger partial charge in [0.25, 0.3) is 0 Å². The number of aliphatic hydroxyl groups excluding tert-OH is 2. The molecule has 1 rings (SSSR count). The van der Waals surface area contributed by atoms with Gasteiger partial charge >= 0.3 is 0 Å². The van der Waals surface area contributed by atoms with Crippen LogP contribution in [-0.2, 0) is 0 Å². The summed E-state index contributed by atoms with van der Waals surface area (Å²) in [6.07, 6.45) is -0.370. The second-order valence-electron chi connectivity index (χ2n) is 3.84. The number of aliphatic hydroxyl groups is 2. The van der Waals surface area contributed by atoms with Crippen LogP contribution in [0.2, 0.25) is 0 Å². The zero-order valence-corrected chi connectivity index (χ0v) is 9.68. The molecule has 0 aliphatic heterocycles. The maximum Gasteiger partial charge on any atom is 0.119 e. The van der Waals surface area contributed by atoms with Gasteiger partial charge in [0.05, 0.1) is 13.2 Å². The summed E-state index contributed by atoms with van der Waals surface area (Å²) in [5.74, 6) is 0.754. The van der Waals surface area contributed by atoms with Gasteiger partial charge in [-0.05, 0) is 36.6 Å². The lowest BCUT2D eigenvalue weighted by Crippen LogP contribution is -2.29. The van der Waals surface area contributed by atoms with Crippen molar-refractivity contribution in [3.05, 3.63) is 29.3 Å². The zero-order valence-electron chi connectivity index (χ0n) is 9.68. The Morgan fingerprint density at radius 2 is 2.12 bits per heavy atom. The minimum Gasteiger partial charge on any atom is -0.497 e. The molecule has 2 atom stereocenters. The van der Waals surface area contributed by atoms with Gasteiger partial charge < -0.3 is 20.7 Å². The van der Waals surface area contributed by atoms with Crippen LogP contribution in [0.5, 0.6) is 5.75 Å². The Balaban J connectivity index is 2.87. The maximum absolute atomic E-state index is 9.99. The summed E-state index contributed by atoms with van der Waals surface area (Å²) in [4.78, 5) is 0. The van der Waals surface area contributed by atoms with E-state index in [1.165, 1.54) is 0 Å². The van der Waals surface area contributed by atoms with Gasteiger partial charge in [-0.2, -0.15) is 0 Å². The number of ether oxygens (including phenoxy) is 1. The van der Waals surface area contributed by atoms with Crippen LogP contribution >= 0.6 is 0 Å². The molecule has 0 fully saturated rings. The number of aryl methyl sites for hydroxylation is 1. The van der Waals surface area contributed by atoms with E-state index in [0.717, 1.165) is 16.9 Å². The molecule has 1 aromatic carbocycles. The first-order valence-corrected chi connectivity index (χ1v) is 5.29. The summed E-state index contributed by atoms with van der Waals surface area (Å²) >= 11 is 0. The lowest BCUT2D eigenvalue weighted by molar-refractivity contribution is 0.128. The molecule has 0 heterocycles. The van der Waals surface area contributed by atoms with Crippen molar-refractivity contribution in [2.75, 3.05) is 13.7 Å². The zero-order chi connectivity index (χ0) is 12.1. The SMILES string of the molecule is COc1ccc(C(O)C(N)CCO)c(C)c1. The molecule has 0 aliphatic carbocycles. The highest BCUT2D eigenvalue weighted by Crippen LogP contribution is 2.24. The summed E-state index contributed by atoms with van der Waals surface area (Å²) in [6.45, 7) is 1.88. The molecular formula is C12H19NO3. The molecule has 0 aliphatic rings. The van der Waals surface area contributed by atoms with Crippen molar-refractivity contribution >= 4 is 0 Å². The molecule has 16 heavy (non-hydrogen) atoms. The van der Waals surface area contributed by atoms with E-state index in [-0.39, 0.29) is 6.61 Å². The highest BCUT2D eigenvalue weighted by Gasteiger charge is 2.18. The summed E-state index contributed by atoms with van der Waals surface area (Å²) in [6, 6.07) is 4.99. The van der Waals surface area contributed by atoms with Crippen LogP contribution in [-0.4, -0.2) is 30.0 Å². The first-order valence-electron chi connectivity index (χ1n) is 5.29. The summed E-state index contributed by atoms with van der Waals surface area (Å²) in [5, 5.41) is 18.8. The standard InChI is InChI=1S/C12H19NO3/c1-8-7-9(16-2)3-4-10(8)12(15)11(13)5-6-14/h3-4,7,11-12,14-15H,5-6,13H2,1-2H3. The Bertz CT molecular complexity index is 341. The van der Waals surface area contributed by atoms with E-state index in [1.807, 2.05) is 13.0 Å². The molecule has 0 saturated heterocycles. The van der Waals surface area contributed by atoms with Crippen LogP contribution in [0.3, 0.4) is 0 Å². The molecule has 0 spiro atoms. The summed E-state index contributed by atoms with van der Waals surface area (Å²) in [5.41, 5.74) is 7.47. The third-order valence-corrected chi connectivity index (χ3v) is 2.66. The quantitative estimate of drug-likeness (QED) is 0.691. The number of benzene rings is 1. The first kappa shape index (κ1) is 13.0. The van der Waals surface area contributed by atoms with Crippen LogP contribution in [0.15, 0.2) is 18.2 Å². The molecule has 2 unspecified atom stereocenters. The van der Waals surface area contributed by atoms with E-state index >= 15 is 0 Å². The fraction of sp³-hybridized carbons (Fsp3) is 0.500. The van der Waals surface area contributed by atoms with E-state index in [9.17, 15) is 5.11 Å². The average molecular weight is 225 g/mol. The fourth-order valence-electron chi connectivity index (χ4n) is 1.64.